The summed E-state index contributed by atoms with van der Waals surface area (Å²) in [6.45, 7) is 6.32. The van der Waals surface area contributed by atoms with Crippen molar-refractivity contribution in [3.63, 3.8) is 0 Å². The first kappa shape index (κ1) is 11.0. The van der Waals surface area contributed by atoms with Crippen LogP contribution in [-0.4, -0.2) is 11.2 Å². The van der Waals surface area contributed by atoms with Gasteiger partial charge in [-0.3, -0.25) is 0 Å². The highest BCUT2D eigenvalue weighted by atomic mass is 16.3. The van der Waals surface area contributed by atoms with Crippen molar-refractivity contribution in [3.05, 3.63) is 0 Å². The summed E-state index contributed by atoms with van der Waals surface area (Å²) in [4.78, 5) is 0. The average molecular weight is 184 g/mol. The van der Waals surface area contributed by atoms with E-state index in [2.05, 4.69) is 6.92 Å². The van der Waals surface area contributed by atoms with Crippen LogP contribution in [0.2, 0.25) is 0 Å². The van der Waals surface area contributed by atoms with Gasteiger partial charge in [-0.05, 0) is 43.4 Å². The molecule has 0 aromatic carbocycles. The van der Waals surface area contributed by atoms with Crippen LogP contribution in [0.15, 0.2) is 0 Å². The number of hydrogen-bond donors (Lipinski definition) is 1. The number of hydrogen-bond acceptors (Lipinski definition) is 1. The molecule has 4 unspecified atom stereocenters. The highest BCUT2D eigenvalue weighted by Gasteiger charge is 2.38. The standard InChI is InChI=1S/C10H18O.C2H6/c1-7-5-8-3-2-4-10(11)9(8)6-7;1-2/h7-11H,2-6H2,1H3;1-2H3. The maximum Gasteiger partial charge on any atom is 0.0571 e. The Kier molecular flexibility index (Phi) is 4.24. The lowest BCUT2D eigenvalue weighted by Crippen LogP contribution is -2.28. The topological polar surface area (TPSA) is 20.2 Å². The smallest absolute Gasteiger partial charge is 0.0571 e. The molecule has 78 valence electrons. The van der Waals surface area contributed by atoms with Crippen molar-refractivity contribution in [2.75, 3.05) is 0 Å². The molecule has 1 N–H and O–H groups in total. The normalized spacial score (nSPS) is 43.4. The van der Waals surface area contributed by atoms with E-state index in [1.54, 1.807) is 0 Å². The summed E-state index contributed by atoms with van der Waals surface area (Å²) in [5.41, 5.74) is 0. The van der Waals surface area contributed by atoms with Crippen LogP contribution in [-0.2, 0) is 0 Å². The maximum absolute atomic E-state index is 9.70. The van der Waals surface area contributed by atoms with E-state index in [9.17, 15) is 5.11 Å². The molecule has 0 amide bonds. The van der Waals surface area contributed by atoms with Crippen molar-refractivity contribution in [1.82, 2.24) is 0 Å². The highest BCUT2D eigenvalue weighted by molar-refractivity contribution is 4.89. The second-order valence-electron chi connectivity index (χ2n) is 4.50. The van der Waals surface area contributed by atoms with Crippen LogP contribution < -0.4 is 0 Å². The summed E-state index contributed by atoms with van der Waals surface area (Å²) in [5.74, 6) is 2.41. The van der Waals surface area contributed by atoms with Gasteiger partial charge in [0, 0.05) is 0 Å². The first-order chi connectivity index (χ1) is 6.27. The predicted molar refractivity (Wildman–Crippen MR) is 56.6 cm³/mol. The van der Waals surface area contributed by atoms with Crippen molar-refractivity contribution in [2.45, 2.75) is 59.0 Å². The molecule has 0 aromatic heterocycles. The van der Waals surface area contributed by atoms with Gasteiger partial charge in [-0.15, -0.1) is 0 Å². The van der Waals surface area contributed by atoms with E-state index < -0.39 is 0 Å². The SMILES string of the molecule is CC.CC1CC2CCCC(O)C2C1. The minimum atomic E-state index is 0.0405. The zero-order chi connectivity index (χ0) is 9.84. The Labute approximate surface area is 82.5 Å². The summed E-state index contributed by atoms with van der Waals surface area (Å²) in [6.07, 6.45) is 6.40. The van der Waals surface area contributed by atoms with E-state index in [1.165, 1.54) is 25.7 Å². The summed E-state index contributed by atoms with van der Waals surface area (Å²) in [6, 6.07) is 0. The van der Waals surface area contributed by atoms with Crippen LogP contribution in [0.3, 0.4) is 0 Å². The van der Waals surface area contributed by atoms with Gasteiger partial charge >= 0.3 is 0 Å². The van der Waals surface area contributed by atoms with Gasteiger partial charge in [0.2, 0.25) is 0 Å². The molecule has 1 heteroatoms. The third-order valence-corrected chi connectivity index (χ3v) is 3.55. The molecule has 2 saturated carbocycles. The van der Waals surface area contributed by atoms with E-state index in [4.69, 9.17) is 0 Å². The lowest BCUT2D eigenvalue weighted by Gasteiger charge is -2.29. The van der Waals surface area contributed by atoms with Crippen LogP contribution in [0.1, 0.15) is 52.9 Å². The molecule has 13 heavy (non-hydrogen) atoms. The highest BCUT2D eigenvalue weighted by Crippen LogP contribution is 2.44. The van der Waals surface area contributed by atoms with Gasteiger partial charge in [-0.2, -0.15) is 0 Å². The lowest BCUT2D eigenvalue weighted by molar-refractivity contribution is 0.0473. The zero-order valence-electron chi connectivity index (χ0n) is 9.29. The summed E-state index contributed by atoms with van der Waals surface area (Å²) < 4.78 is 0. The first-order valence-corrected chi connectivity index (χ1v) is 5.95. The number of fused-ring (bicyclic) bond motifs is 1. The summed E-state index contributed by atoms with van der Waals surface area (Å²) in [7, 11) is 0. The van der Waals surface area contributed by atoms with Crippen molar-refractivity contribution < 1.29 is 5.11 Å². The Balaban J connectivity index is 0.000000396. The Hall–Kier alpha value is -0.0400. The molecule has 0 radical (unpaired) electrons. The molecular formula is C12H24O. The van der Waals surface area contributed by atoms with E-state index in [0.717, 1.165) is 18.3 Å². The fourth-order valence-corrected chi connectivity index (χ4v) is 3.05. The van der Waals surface area contributed by atoms with Crippen LogP contribution in [0.4, 0.5) is 0 Å². The van der Waals surface area contributed by atoms with Crippen LogP contribution in [0.25, 0.3) is 0 Å². The van der Waals surface area contributed by atoms with Gasteiger partial charge in [0.15, 0.2) is 0 Å². The molecule has 2 aliphatic rings. The van der Waals surface area contributed by atoms with Crippen molar-refractivity contribution in [1.29, 1.82) is 0 Å². The fraction of sp³-hybridized carbons (Fsp3) is 1.00. The fourth-order valence-electron chi connectivity index (χ4n) is 3.05. The molecule has 2 fully saturated rings. The Morgan fingerprint density at radius 1 is 1.08 bits per heavy atom. The molecular weight excluding hydrogens is 160 g/mol. The summed E-state index contributed by atoms with van der Waals surface area (Å²) >= 11 is 0. The van der Waals surface area contributed by atoms with Crippen LogP contribution in [0, 0.1) is 17.8 Å². The first-order valence-electron chi connectivity index (χ1n) is 5.95. The van der Waals surface area contributed by atoms with Crippen LogP contribution in [0.5, 0.6) is 0 Å². The Morgan fingerprint density at radius 3 is 2.38 bits per heavy atom. The van der Waals surface area contributed by atoms with Crippen molar-refractivity contribution >= 4 is 0 Å². The molecule has 0 heterocycles. The monoisotopic (exact) mass is 184 g/mol. The van der Waals surface area contributed by atoms with Crippen molar-refractivity contribution in [3.8, 4) is 0 Å². The van der Waals surface area contributed by atoms with E-state index in [-0.39, 0.29) is 6.10 Å². The Bertz CT molecular complexity index is 144. The molecule has 0 saturated heterocycles. The molecule has 4 atom stereocenters. The van der Waals surface area contributed by atoms with Gasteiger partial charge in [-0.1, -0.05) is 27.2 Å². The van der Waals surface area contributed by atoms with Crippen LogP contribution >= 0.6 is 0 Å². The van der Waals surface area contributed by atoms with Crippen molar-refractivity contribution in [2.24, 2.45) is 17.8 Å². The predicted octanol–water partition coefficient (Wildman–Crippen LogP) is 3.22. The lowest BCUT2D eigenvalue weighted by atomic mass is 9.80. The van der Waals surface area contributed by atoms with Gasteiger partial charge in [0.05, 0.1) is 6.10 Å². The largest absolute Gasteiger partial charge is 0.393 e. The van der Waals surface area contributed by atoms with Gasteiger partial charge in [0.25, 0.3) is 0 Å². The minimum Gasteiger partial charge on any atom is -0.393 e. The van der Waals surface area contributed by atoms with Gasteiger partial charge in [-0.25, -0.2) is 0 Å². The third kappa shape index (κ3) is 2.46. The quantitative estimate of drug-likeness (QED) is 0.613. The molecule has 2 aliphatic carbocycles. The zero-order valence-corrected chi connectivity index (χ0v) is 9.29. The molecule has 0 aromatic rings. The molecule has 2 rings (SSSR count). The van der Waals surface area contributed by atoms with Gasteiger partial charge < -0.3 is 5.11 Å². The van der Waals surface area contributed by atoms with Gasteiger partial charge in [0.1, 0.15) is 0 Å². The number of rotatable bonds is 0. The molecule has 1 nitrogen and oxygen atoms in total. The maximum atomic E-state index is 9.70. The second-order valence-corrected chi connectivity index (χ2v) is 4.50. The average Bonchev–Trinajstić information content (AvgIpc) is 2.51. The minimum absolute atomic E-state index is 0.0405. The molecule has 0 spiro atoms. The summed E-state index contributed by atoms with van der Waals surface area (Å²) in [5, 5.41) is 9.70. The van der Waals surface area contributed by atoms with E-state index in [0.29, 0.717) is 5.92 Å². The second kappa shape index (κ2) is 4.99. The number of aliphatic hydroxyl groups excluding tert-OH is 1. The molecule has 0 aliphatic heterocycles. The van der Waals surface area contributed by atoms with E-state index >= 15 is 0 Å². The van der Waals surface area contributed by atoms with E-state index in [1.807, 2.05) is 13.8 Å². The Morgan fingerprint density at radius 2 is 1.77 bits per heavy atom. The molecule has 0 bridgehead atoms. The third-order valence-electron chi connectivity index (χ3n) is 3.55. The number of aliphatic hydroxyl groups is 1.